The van der Waals surface area contributed by atoms with E-state index in [0.717, 1.165) is 47.9 Å². The van der Waals surface area contributed by atoms with Crippen molar-refractivity contribution in [2.45, 2.75) is 32.6 Å². The van der Waals surface area contributed by atoms with Crippen LogP contribution in [-0.4, -0.2) is 10.9 Å². The monoisotopic (exact) mass is 336 g/mol. The van der Waals surface area contributed by atoms with Gasteiger partial charge < -0.3 is 5.11 Å². The Morgan fingerprint density at radius 1 is 1.04 bits per heavy atom. The Morgan fingerprint density at radius 3 is 2.44 bits per heavy atom. The van der Waals surface area contributed by atoms with E-state index in [1.54, 1.807) is 12.1 Å². The summed E-state index contributed by atoms with van der Waals surface area (Å²) < 4.78 is 13.2. The molecular weight excluding hydrogens is 315 g/mol. The zero-order valence-corrected chi connectivity index (χ0v) is 14.3. The van der Waals surface area contributed by atoms with Crippen LogP contribution in [0, 0.1) is 17.7 Å². The van der Waals surface area contributed by atoms with E-state index < -0.39 is 0 Å². The number of hydrogen-bond donors (Lipinski definition) is 1. The molecule has 4 rings (SSSR count). The summed E-state index contributed by atoms with van der Waals surface area (Å²) >= 11 is 0. The molecule has 2 nitrogen and oxygen atoms in total. The van der Waals surface area contributed by atoms with Crippen molar-refractivity contribution in [2.24, 2.45) is 11.8 Å². The zero-order chi connectivity index (χ0) is 17.6. The Kier molecular flexibility index (Phi) is 3.95. The van der Waals surface area contributed by atoms with Gasteiger partial charge in [-0.15, -0.1) is 0 Å². The van der Waals surface area contributed by atoms with E-state index in [9.17, 15) is 14.3 Å². The first-order valence-electron chi connectivity index (χ1n) is 8.95. The molecule has 0 aliphatic heterocycles. The molecule has 0 saturated heterocycles. The Bertz CT molecular complexity index is 864. The number of rotatable bonds is 3. The molecule has 2 aliphatic carbocycles. The molecule has 2 atom stereocenters. The highest BCUT2D eigenvalue weighted by Crippen LogP contribution is 2.46. The van der Waals surface area contributed by atoms with Crippen molar-refractivity contribution in [3.63, 3.8) is 0 Å². The lowest BCUT2D eigenvalue weighted by Gasteiger charge is -2.23. The molecule has 2 bridgehead atoms. The first-order chi connectivity index (χ1) is 12.1. The van der Waals surface area contributed by atoms with Gasteiger partial charge in [-0.2, -0.15) is 0 Å². The highest BCUT2D eigenvalue weighted by molar-refractivity contribution is 6.23. The lowest BCUT2D eigenvalue weighted by Crippen LogP contribution is -2.22. The summed E-state index contributed by atoms with van der Waals surface area (Å²) in [6, 6.07) is 12.3. The van der Waals surface area contributed by atoms with Crippen molar-refractivity contribution in [1.29, 1.82) is 0 Å². The maximum absolute atomic E-state index is 13.2. The van der Waals surface area contributed by atoms with E-state index in [4.69, 9.17) is 0 Å². The second-order valence-electron chi connectivity index (χ2n) is 7.06. The largest absolute Gasteiger partial charge is 0.511 e. The molecule has 2 aromatic rings. The van der Waals surface area contributed by atoms with Gasteiger partial charge in [-0.3, -0.25) is 4.79 Å². The van der Waals surface area contributed by atoms with Crippen LogP contribution in [0.1, 0.15) is 37.3 Å². The van der Waals surface area contributed by atoms with Crippen LogP contribution in [0.25, 0.3) is 16.7 Å². The molecular formula is C22H21FO2. The molecule has 0 aromatic heterocycles. The summed E-state index contributed by atoms with van der Waals surface area (Å²) in [7, 11) is 0. The molecule has 1 fully saturated rings. The molecule has 0 unspecified atom stereocenters. The minimum atomic E-state index is -0.270. The standard InChI is InChI=1S/C22H21FO2/c1-2-13-3-4-15(14-7-9-18(23)10-8-14)12-19(13)20-21(24)16-5-6-17(11-16)22(20)25/h3-4,7-10,12,16-17,24H,2,5-6,11H2,1H3/t16-,17+/m0/s1. The van der Waals surface area contributed by atoms with E-state index in [0.29, 0.717) is 5.57 Å². The van der Waals surface area contributed by atoms with Crippen LogP contribution in [-0.2, 0) is 11.2 Å². The number of carbonyl (C=O) groups excluding carboxylic acids is 1. The first-order valence-corrected chi connectivity index (χ1v) is 8.95. The summed E-state index contributed by atoms with van der Waals surface area (Å²) in [4.78, 5) is 12.9. The number of aliphatic hydroxyl groups is 1. The summed E-state index contributed by atoms with van der Waals surface area (Å²) in [5.41, 5.74) is 4.24. The maximum atomic E-state index is 13.2. The molecule has 3 heteroatoms. The fourth-order valence-electron chi connectivity index (χ4n) is 4.21. The maximum Gasteiger partial charge on any atom is 0.169 e. The number of benzene rings is 2. The third kappa shape index (κ3) is 2.68. The predicted molar refractivity (Wildman–Crippen MR) is 96.6 cm³/mol. The lowest BCUT2D eigenvalue weighted by atomic mass is 9.81. The second-order valence-corrected chi connectivity index (χ2v) is 7.06. The molecule has 25 heavy (non-hydrogen) atoms. The minimum Gasteiger partial charge on any atom is -0.511 e. The third-order valence-electron chi connectivity index (χ3n) is 5.63. The Balaban J connectivity index is 1.86. The SMILES string of the molecule is CCc1ccc(-c2ccc(F)cc2)cc1C1=C(O)[C@H]2CC[C@H](C2)C1=O. The summed E-state index contributed by atoms with van der Waals surface area (Å²) in [6.07, 6.45) is 3.34. The molecule has 1 saturated carbocycles. The minimum absolute atomic E-state index is 0.0510. The quantitative estimate of drug-likeness (QED) is 0.823. The number of hydrogen-bond acceptors (Lipinski definition) is 2. The smallest absolute Gasteiger partial charge is 0.169 e. The van der Waals surface area contributed by atoms with Crippen molar-refractivity contribution in [1.82, 2.24) is 0 Å². The number of halogens is 1. The van der Waals surface area contributed by atoms with Crippen molar-refractivity contribution in [3.05, 3.63) is 65.2 Å². The molecule has 0 radical (unpaired) electrons. The van der Waals surface area contributed by atoms with Crippen LogP contribution in [0.3, 0.4) is 0 Å². The van der Waals surface area contributed by atoms with E-state index in [1.807, 2.05) is 18.2 Å². The average molecular weight is 336 g/mol. The van der Waals surface area contributed by atoms with Gasteiger partial charge >= 0.3 is 0 Å². The van der Waals surface area contributed by atoms with Gasteiger partial charge in [0.05, 0.1) is 5.57 Å². The fraction of sp³-hybridized carbons (Fsp3) is 0.318. The number of allylic oxidation sites excluding steroid dienone is 2. The van der Waals surface area contributed by atoms with Crippen molar-refractivity contribution >= 4 is 11.4 Å². The van der Waals surface area contributed by atoms with Crippen LogP contribution in [0.5, 0.6) is 0 Å². The Hall–Kier alpha value is -2.42. The van der Waals surface area contributed by atoms with E-state index in [-0.39, 0.29) is 29.2 Å². The molecule has 2 aliphatic rings. The van der Waals surface area contributed by atoms with Crippen molar-refractivity contribution < 1.29 is 14.3 Å². The van der Waals surface area contributed by atoms with Crippen LogP contribution < -0.4 is 0 Å². The molecule has 1 N–H and O–H groups in total. The number of Topliss-reactive ketones (excluding diaryl/α,β-unsaturated/α-hetero) is 1. The molecule has 0 amide bonds. The van der Waals surface area contributed by atoms with Gasteiger partial charge in [0.2, 0.25) is 0 Å². The van der Waals surface area contributed by atoms with Crippen LogP contribution >= 0.6 is 0 Å². The van der Waals surface area contributed by atoms with Gasteiger partial charge in [0.1, 0.15) is 11.6 Å². The number of ketones is 1. The molecule has 2 aromatic carbocycles. The van der Waals surface area contributed by atoms with Crippen molar-refractivity contribution in [2.75, 3.05) is 0 Å². The van der Waals surface area contributed by atoms with Crippen LogP contribution in [0.15, 0.2) is 48.2 Å². The van der Waals surface area contributed by atoms with Gasteiger partial charge in [0, 0.05) is 11.8 Å². The normalized spacial score (nSPS) is 22.6. The van der Waals surface area contributed by atoms with E-state index in [1.165, 1.54) is 12.1 Å². The topological polar surface area (TPSA) is 37.3 Å². The number of carbonyl (C=O) groups is 1. The van der Waals surface area contributed by atoms with Gasteiger partial charge in [0.15, 0.2) is 5.78 Å². The molecule has 128 valence electrons. The Labute approximate surface area is 147 Å². The van der Waals surface area contributed by atoms with Gasteiger partial charge in [-0.05, 0) is 66.1 Å². The van der Waals surface area contributed by atoms with Crippen molar-refractivity contribution in [3.8, 4) is 11.1 Å². The average Bonchev–Trinajstić information content (AvgIpc) is 3.08. The van der Waals surface area contributed by atoms with Gasteiger partial charge in [0.25, 0.3) is 0 Å². The summed E-state index contributed by atoms with van der Waals surface area (Å²) in [5.74, 6) is 0.252. The summed E-state index contributed by atoms with van der Waals surface area (Å²) in [6.45, 7) is 2.05. The molecule has 0 heterocycles. The molecule has 0 spiro atoms. The van der Waals surface area contributed by atoms with Gasteiger partial charge in [-0.25, -0.2) is 4.39 Å². The van der Waals surface area contributed by atoms with Crippen LogP contribution in [0.4, 0.5) is 4.39 Å². The van der Waals surface area contributed by atoms with E-state index >= 15 is 0 Å². The summed E-state index contributed by atoms with van der Waals surface area (Å²) in [5, 5.41) is 10.7. The Morgan fingerprint density at radius 2 is 1.72 bits per heavy atom. The predicted octanol–water partition coefficient (Wildman–Crippen LogP) is 5.32. The zero-order valence-electron chi connectivity index (χ0n) is 14.3. The number of aliphatic hydroxyl groups excluding tert-OH is 1. The second kappa shape index (κ2) is 6.14. The highest BCUT2D eigenvalue weighted by atomic mass is 19.1. The third-order valence-corrected chi connectivity index (χ3v) is 5.63. The highest BCUT2D eigenvalue weighted by Gasteiger charge is 2.41. The first kappa shape index (κ1) is 16.1. The number of fused-ring (bicyclic) bond motifs is 2. The van der Waals surface area contributed by atoms with E-state index in [2.05, 4.69) is 6.92 Å². The fourth-order valence-corrected chi connectivity index (χ4v) is 4.21. The van der Waals surface area contributed by atoms with Gasteiger partial charge in [-0.1, -0.05) is 31.2 Å². The van der Waals surface area contributed by atoms with Crippen LogP contribution in [0.2, 0.25) is 0 Å². The number of aryl methyl sites for hydroxylation is 1. The lowest BCUT2D eigenvalue weighted by molar-refractivity contribution is -0.117.